The van der Waals surface area contributed by atoms with Gasteiger partial charge in [0, 0.05) is 28.7 Å². The van der Waals surface area contributed by atoms with E-state index in [1.54, 1.807) is 12.1 Å². The molecule has 0 aliphatic carbocycles. The van der Waals surface area contributed by atoms with Crippen LogP contribution in [0, 0.1) is 11.3 Å². The van der Waals surface area contributed by atoms with Gasteiger partial charge in [-0.25, -0.2) is 0 Å². The average molecular weight is 212 g/mol. The first kappa shape index (κ1) is 10.4. The molecule has 2 rings (SSSR count). The maximum atomic E-state index is 11.0. The summed E-state index contributed by atoms with van der Waals surface area (Å²) in [4.78, 5) is 11.0. The van der Waals surface area contributed by atoms with Crippen LogP contribution in [0.5, 0.6) is 0 Å². The number of hydrogen-bond donors (Lipinski definition) is 0. The summed E-state index contributed by atoms with van der Waals surface area (Å²) in [6.07, 6.45) is 2.67. The fourth-order valence-electron chi connectivity index (χ4n) is 1.87. The van der Waals surface area contributed by atoms with Crippen LogP contribution in [0.15, 0.2) is 24.4 Å². The lowest BCUT2D eigenvalue weighted by molar-refractivity contribution is 0.112. The molecule has 0 amide bonds. The standard InChI is InChI=1S/C13H12N2O/c1-9(2)15-7-11(8-16)12-5-10(6-14)3-4-13(12)15/h3-5,7-9H,1-2H3. The number of rotatable bonds is 2. The highest BCUT2D eigenvalue weighted by Crippen LogP contribution is 2.24. The van der Waals surface area contributed by atoms with Crippen LogP contribution in [0.1, 0.15) is 35.8 Å². The van der Waals surface area contributed by atoms with Crippen LogP contribution in [0.2, 0.25) is 0 Å². The lowest BCUT2D eigenvalue weighted by Crippen LogP contribution is -1.97. The number of nitriles is 1. The predicted molar refractivity (Wildman–Crippen MR) is 62.4 cm³/mol. The van der Waals surface area contributed by atoms with Crippen LogP contribution in [0.3, 0.4) is 0 Å². The van der Waals surface area contributed by atoms with E-state index >= 15 is 0 Å². The van der Waals surface area contributed by atoms with Crippen molar-refractivity contribution in [1.29, 1.82) is 5.26 Å². The van der Waals surface area contributed by atoms with Gasteiger partial charge in [0.2, 0.25) is 0 Å². The van der Waals surface area contributed by atoms with Crippen LogP contribution in [-0.4, -0.2) is 10.9 Å². The quantitative estimate of drug-likeness (QED) is 0.718. The summed E-state index contributed by atoms with van der Waals surface area (Å²) in [7, 11) is 0. The number of fused-ring (bicyclic) bond motifs is 1. The van der Waals surface area contributed by atoms with E-state index in [4.69, 9.17) is 5.26 Å². The highest BCUT2D eigenvalue weighted by Gasteiger charge is 2.10. The van der Waals surface area contributed by atoms with Crippen molar-refractivity contribution < 1.29 is 4.79 Å². The van der Waals surface area contributed by atoms with Crippen molar-refractivity contribution in [3.05, 3.63) is 35.5 Å². The fourth-order valence-corrected chi connectivity index (χ4v) is 1.87. The maximum absolute atomic E-state index is 11.0. The number of benzene rings is 1. The Morgan fingerprint density at radius 3 is 2.75 bits per heavy atom. The molecule has 0 N–H and O–H groups in total. The molecule has 0 aliphatic heterocycles. The third-order valence-electron chi connectivity index (χ3n) is 2.68. The molecule has 2 aromatic rings. The number of nitrogens with zero attached hydrogens (tertiary/aromatic N) is 2. The summed E-state index contributed by atoms with van der Waals surface area (Å²) in [5.41, 5.74) is 2.22. The minimum Gasteiger partial charge on any atom is -0.344 e. The molecule has 1 aromatic heterocycles. The summed E-state index contributed by atoms with van der Waals surface area (Å²) < 4.78 is 2.04. The minimum absolute atomic E-state index is 0.295. The van der Waals surface area contributed by atoms with Gasteiger partial charge in [-0.1, -0.05) is 0 Å². The van der Waals surface area contributed by atoms with E-state index in [0.29, 0.717) is 17.2 Å². The molecule has 1 heterocycles. The van der Waals surface area contributed by atoms with Gasteiger partial charge in [-0.15, -0.1) is 0 Å². The van der Waals surface area contributed by atoms with Gasteiger partial charge >= 0.3 is 0 Å². The Hall–Kier alpha value is -2.08. The monoisotopic (exact) mass is 212 g/mol. The van der Waals surface area contributed by atoms with Crippen molar-refractivity contribution in [3.63, 3.8) is 0 Å². The van der Waals surface area contributed by atoms with Gasteiger partial charge in [0.15, 0.2) is 6.29 Å². The molecule has 80 valence electrons. The molecule has 0 bridgehead atoms. The molecular formula is C13H12N2O. The predicted octanol–water partition coefficient (Wildman–Crippen LogP) is 2.91. The number of aldehydes is 1. The van der Waals surface area contributed by atoms with Crippen LogP contribution >= 0.6 is 0 Å². The first-order valence-electron chi connectivity index (χ1n) is 5.17. The fraction of sp³-hybridized carbons (Fsp3) is 0.231. The van der Waals surface area contributed by atoms with E-state index in [2.05, 4.69) is 19.9 Å². The van der Waals surface area contributed by atoms with Crippen LogP contribution in [-0.2, 0) is 0 Å². The molecule has 0 aliphatic rings. The highest BCUT2D eigenvalue weighted by atomic mass is 16.1. The van der Waals surface area contributed by atoms with Gasteiger partial charge in [-0.2, -0.15) is 5.26 Å². The number of carbonyl (C=O) groups is 1. The lowest BCUT2D eigenvalue weighted by atomic mass is 10.1. The van der Waals surface area contributed by atoms with E-state index in [1.807, 2.05) is 16.8 Å². The molecule has 0 fully saturated rings. The van der Waals surface area contributed by atoms with Crippen LogP contribution in [0.25, 0.3) is 10.9 Å². The van der Waals surface area contributed by atoms with Crippen molar-refractivity contribution in [2.45, 2.75) is 19.9 Å². The van der Waals surface area contributed by atoms with E-state index in [1.165, 1.54) is 0 Å². The SMILES string of the molecule is CC(C)n1cc(C=O)c2cc(C#N)ccc21. The molecular weight excluding hydrogens is 200 g/mol. The first-order valence-corrected chi connectivity index (χ1v) is 5.17. The van der Waals surface area contributed by atoms with Gasteiger partial charge < -0.3 is 4.57 Å². The third kappa shape index (κ3) is 1.49. The third-order valence-corrected chi connectivity index (χ3v) is 2.68. The zero-order valence-corrected chi connectivity index (χ0v) is 9.27. The van der Waals surface area contributed by atoms with Crippen molar-refractivity contribution in [2.75, 3.05) is 0 Å². The lowest BCUT2D eigenvalue weighted by Gasteiger charge is -2.08. The Morgan fingerprint density at radius 1 is 1.44 bits per heavy atom. The smallest absolute Gasteiger partial charge is 0.152 e. The van der Waals surface area contributed by atoms with Crippen LogP contribution < -0.4 is 0 Å². The van der Waals surface area contributed by atoms with Crippen molar-refractivity contribution in [3.8, 4) is 6.07 Å². The molecule has 0 atom stereocenters. The molecule has 1 aromatic carbocycles. The maximum Gasteiger partial charge on any atom is 0.152 e. The second-order valence-electron chi connectivity index (χ2n) is 4.05. The summed E-state index contributed by atoms with van der Waals surface area (Å²) in [6, 6.07) is 7.80. The first-order chi connectivity index (χ1) is 7.67. The van der Waals surface area contributed by atoms with Crippen molar-refractivity contribution >= 4 is 17.2 Å². The normalized spacial score (nSPS) is 10.6. The van der Waals surface area contributed by atoms with Crippen molar-refractivity contribution in [2.24, 2.45) is 0 Å². The molecule has 3 heteroatoms. The van der Waals surface area contributed by atoms with E-state index in [-0.39, 0.29) is 0 Å². The summed E-state index contributed by atoms with van der Waals surface area (Å²) >= 11 is 0. The van der Waals surface area contributed by atoms with E-state index in [0.717, 1.165) is 17.2 Å². The Labute approximate surface area is 93.9 Å². The topological polar surface area (TPSA) is 45.8 Å². The molecule has 0 saturated heterocycles. The van der Waals surface area contributed by atoms with Crippen molar-refractivity contribution in [1.82, 2.24) is 4.57 Å². The number of hydrogen-bond acceptors (Lipinski definition) is 2. The van der Waals surface area contributed by atoms with Gasteiger partial charge in [0.05, 0.1) is 11.6 Å². The number of carbonyl (C=O) groups excluding carboxylic acids is 1. The molecule has 0 unspecified atom stereocenters. The van der Waals surface area contributed by atoms with Gasteiger partial charge in [-0.05, 0) is 32.0 Å². The zero-order valence-electron chi connectivity index (χ0n) is 9.27. The second-order valence-corrected chi connectivity index (χ2v) is 4.05. The Kier molecular flexibility index (Phi) is 2.49. The molecule has 3 nitrogen and oxygen atoms in total. The molecule has 0 radical (unpaired) electrons. The van der Waals surface area contributed by atoms with Gasteiger partial charge in [0.25, 0.3) is 0 Å². The Bertz CT molecular complexity index is 588. The molecule has 0 saturated carbocycles. The Balaban J connectivity index is 2.80. The number of aromatic nitrogens is 1. The highest BCUT2D eigenvalue weighted by molar-refractivity contribution is 5.98. The van der Waals surface area contributed by atoms with Crippen LogP contribution in [0.4, 0.5) is 0 Å². The second kappa shape index (κ2) is 3.82. The summed E-state index contributed by atoms with van der Waals surface area (Å²) in [5.74, 6) is 0. The average Bonchev–Trinajstić information content (AvgIpc) is 2.66. The molecule has 0 spiro atoms. The largest absolute Gasteiger partial charge is 0.344 e. The minimum atomic E-state index is 0.295. The van der Waals surface area contributed by atoms with E-state index < -0.39 is 0 Å². The Morgan fingerprint density at radius 2 is 2.19 bits per heavy atom. The van der Waals surface area contributed by atoms with Gasteiger partial charge in [0.1, 0.15) is 0 Å². The molecule has 16 heavy (non-hydrogen) atoms. The van der Waals surface area contributed by atoms with Gasteiger partial charge in [-0.3, -0.25) is 4.79 Å². The van der Waals surface area contributed by atoms with E-state index in [9.17, 15) is 4.79 Å². The summed E-state index contributed by atoms with van der Waals surface area (Å²) in [6.45, 7) is 4.12. The zero-order chi connectivity index (χ0) is 11.7. The summed E-state index contributed by atoms with van der Waals surface area (Å²) in [5, 5.41) is 9.68.